The Balaban J connectivity index is 3.22. The molecule has 0 fully saturated rings. The van der Waals surface area contributed by atoms with Crippen molar-refractivity contribution < 1.29 is 13.0 Å². The van der Waals surface area contributed by atoms with E-state index in [2.05, 4.69) is 11.1 Å². The molecule has 0 atom stereocenters. The van der Waals surface area contributed by atoms with Crippen LogP contribution in [-0.4, -0.2) is 18.0 Å². The third kappa shape index (κ3) is 1.52. The second-order valence-corrected chi connectivity index (χ2v) is 2.94. The topological polar surface area (TPSA) is 67.3 Å². The molecule has 1 aromatic rings. The lowest BCUT2D eigenvalue weighted by molar-refractivity contribution is 0.479. The molecule has 4 nitrogen and oxygen atoms in total. The molecule has 0 aliphatic carbocycles. The van der Waals surface area contributed by atoms with Gasteiger partial charge in [-0.1, -0.05) is 0 Å². The highest BCUT2D eigenvalue weighted by Gasteiger charge is 2.08. The Morgan fingerprint density at radius 2 is 2.30 bits per heavy atom. The Labute approximate surface area is 58.3 Å². The molecule has 0 aromatic carbocycles. The standard InChI is InChI=1S/C5H4NO3S/c7-10(8,9)5-3-1-2-4-6-5/h1,3-4H,(H,7,8,9). The summed E-state index contributed by atoms with van der Waals surface area (Å²) in [7, 11) is -4.13. The third-order valence-corrected chi connectivity index (χ3v) is 1.62. The van der Waals surface area contributed by atoms with E-state index in [9.17, 15) is 8.42 Å². The van der Waals surface area contributed by atoms with Crippen molar-refractivity contribution >= 4 is 10.1 Å². The maximum absolute atomic E-state index is 10.3. The lowest BCUT2D eigenvalue weighted by Crippen LogP contribution is -1.99. The molecule has 1 rings (SSSR count). The smallest absolute Gasteiger partial charge is 0.281 e. The largest absolute Gasteiger partial charge is 0.312 e. The molecule has 0 bridgehead atoms. The number of nitrogens with zero attached hydrogens (tertiary/aromatic N) is 1. The van der Waals surface area contributed by atoms with E-state index < -0.39 is 10.1 Å². The predicted octanol–water partition coefficient (Wildman–Crippen LogP) is 0.128. The highest BCUT2D eigenvalue weighted by atomic mass is 32.2. The van der Waals surface area contributed by atoms with Crippen LogP contribution < -0.4 is 0 Å². The molecule has 1 aromatic heterocycles. The number of rotatable bonds is 1. The van der Waals surface area contributed by atoms with Crippen molar-refractivity contribution in [2.45, 2.75) is 5.03 Å². The van der Waals surface area contributed by atoms with Gasteiger partial charge >= 0.3 is 10.1 Å². The van der Waals surface area contributed by atoms with Crippen LogP contribution in [0.1, 0.15) is 0 Å². The van der Waals surface area contributed by atoms with E-state index in [4.69, 9.17) is 4.55 Å². The van der Waals surface area contributed by atoms with Gasteiger partial charge in [0.25, 0.3) is 0 Å². The van der Waals surface area contributed by atoms with Crippen LogP contribution >= 0.6 is 0 Å². The van der Waals surface area contributed by atoms with Crippen LogP contribution in [0.15, 0.2) is 23.4 Å². The lowest BCUT2D eigenvalue weighted by Gasteiger charge is -1.90. The van der Waals surface area contributed by atoms with Gasteiger partial charge in [-0.2, -0.15) is 8.42 Å². The second kappa shape index (κ2) is 2.36. The lowest BCUT2D eigenvalue weighted by atomic mass is 10.5. The summed E-state index contributed by atoms with van der Waals surface area (Å²) in [5, 5.41) is -0.355. The fraction of sp³-hybridized carbons (Fsp3) is 0. The van der Waals surface area contributed by atoms with Gasteiger partial charge in [0.15, 0.2) is 5.03 Å². The van der Waals surface area contributed by atoms with Gasteiger partial charge in [-0.05, 0) is 12.1 Å². The fourth-order valence-electron chi connectivity index (χ4n) is 0.459. The Bertz CT molecular complexity index is 305. The number of hydrogen-bond donors (Lipinski definition) is 1. The normalized spacial score (nSPS) is 11.3. The van der Waals surface area contributed by atoms with Crippen molar-refractivity contribution in [2.75, 3.05) is 0 Å². The Morgan fingerprint density at radius 3 is 2.60 bits per heavy atom. The first-order valence-electron chi connectivity index (χ1n) is 2.40. The van der Waals surface area contributed by atoms with E-state index >= 15 is 0 Å². The molecule has 0 aliphatic heterocycles. The molecule has 53 valence electrons. The third-order valence-electron chi connectivity index (χ3n) is 0.853. The molecular formula is C5H4NO3S. The van der Waals surface area contributed by atoms with Gasteiger partial charge in [-0.25, -0.2) is 4.98 Å². The van der Waals surface area contributed by atoms with Crippen molar-refractivity contribution in [3.05, 3.63) is 24.4 Å². The van der Waals surface area contributed by atoms with Crippen LogP contribution in [0.2, 0.25) is 0 Å². The Morgan fingerprint density at radius 1 is 1.60 bits per heavy atom. The van der Waals surface area contributed by atoms with E-state index in [-0.39, 0.29) is 5.03 Å². The fourth-order valence-corrected chi connectivity index (χ4v) is 0.885. The molecule has 0 spiro atoms. The van der Waals surface area contributed by atoms with E-state index in [1.165, 1.54) is 12.3 Å². The van der Waals surface area contributed by atoms with Gasteiger partial charge in [0.05, 0.1) is 0 Å². The summed E-state index contributed by atoms with van der Waals surface area (Å²) in [6.45, 7) is 0. The first kappa shape index (κ1) is 7.17. The summed E-state index contributed by atoms with van der Waals surface area (Å²) in [4.78, 5) is 3.36. The minimum Gasteiger partial charge on any atom is -0.281 e. The van der Waals surface area contributed by atoms with Crippen LogP contribution in [-0.2, 0) is 10.1 Å². The van der Waals surface area contributed by atoms with E-state index in [1.807, 2.05) is 0 Å². The highest BCUT2D eigenvalue weighted by Crippen LogP contribution is 2.00. The van der Waals surface area contributed by atoms with E-state index in [0.29, 0.717) is 0 Å². The minimum absolute atomic E-state index is 0.355. The van der Waals surface area contributed by atoms with Crippen molar-refractivity contribution in [1.29, 1.82) is 0 Å². The molecule has 1 heterocycles. The SMILES string of the molecule is O=S(=O)(O)c1cc[c]cn1. The van der Waals surface area contributed by atoms with Crippen molar-refractivity contribution in [3.63, 3.8) is 0 Å². The van der Waals surface area contributed by atoms with Gasteiger partial charge in [-0.15, -0.1) is 0 Å². The zero-order valence-corrected chi connectivity index (χ0v) is 5.67. The van der Waals surface area contributed by atoms with Crippen LogP contribution in [0, 0.1) is 6.07 Å². The van der Waals surface area contributed by atoms with Crippen molar-refractivity contribution in [2.24, 2.45) is 0 Å². The molecule has 1 radical (unpaired) electrons. The van der Waals surface area contributed by atoms with Crippen LogP contribution in [0.3, 0.4) is 0 Å². The molecule has 0 amide bonds. The van der Waals surface area contributed by atoms with Crippen LogP contribution in [0.4, 0.5) is 0 Å². The van der Waals surface area contributed by atoms with Crippen molar-refractivity contribution in [1.82, 2.24) is 4.98 Å². The average molecular weight is 158 g/mol. The molecular weight excluding hydrogens is 154 g/mol. The number of hydrogen-bond acceptors (Lipinski definition) is 3. The quantitative estimate of drug-likeness (QED) is 0.590. The van der Waals surface area contributed by atoms with Gasteiger partial charge in [0, 0.05) is 12.3 Å². The maximum atomic E-state index is 10.3. The summed E-state index contributed by atoms with van der Waals surface area (Å²) < 4.78 is 29.0. The first-order chi connectivity index (χ1) is 4.61. The zero-order valence-electron chi connectivity index (χ0n) is 4.85. The average Bonchev–Trinajstić information content (AvgIpc) is 1.88. The predicted molar refractivity (Wildman–Crippen MR) is 32.9 cm³/mol. The number of pyridine rings is 1. The molecule has 10 heavy (non-hydrogen) atoms. The van der Waals surface area contributed by atoms with Gasteiger partial charge in [0.1, 0.15) is 0 Å². The Kier molecular flexibility index (Phi) is 1.69. The first-order valence-corrected chi connectivity index (χ1v) is 3.84. The minimum atomic E-state index is -4.13. The monoisotopic (exact) mass is 158 g/mol. The van der Waals surface area contributed by atoms with Gasteiger partial charge in [0.2, 0.25) is 0 Å². The summed E-state index contributed by atoms with van der Waals surface area (Å²) in [5.74, 6) is 0. The molecule has 0 aliphatic rings. The summed E-state index contributed by atoms with van der Waals surface area (Å²) >= 11 is 0. The second-order valence-electron chi connectivity index (χ2n) is 1.57. The van der Waals surface area contributed by atoms with Gasteiger partial charge < -0.3 is 0 Å². The zero-order chi connectivity index (χ0) is 7.61. The van der Waals surface area contributed by atoms with Crippen LogP contribution in [0.25, 0.3) is 0 Å². The summed E-state index contributed by atoms with van der Waals surface area (Å²) in [5.41, 5.74) is 0. The van der Waals surface area contributed by atoms with E-state index in [1.54, 1.807) is 0 Å². The van der Waals surface area contributed by atoms with E-state index in [0.717, 1.165) is 6.07 Å². The summed E-state index contributed by atoms with van der Waals surface area (Å²) in [6, 6.07) is 5.04. The highest BCUT2D eigenvalue weighted by molar-refractivity contribution is 7.85. The van der Waals surface area contributed by atoms with Gasteiger partial charge in [-0.3, -0.25) is 4.55 Å². The molecule has 0 saturated carbocycles. The molecule has 0 unspecified atom stereocenters. The van der Waals surface area contributed by atoms with Crippen LogP contribution in [0.5, 0.6) is 0 Å². The Hall–Kier alpha value is -0.940. The molecule has 5 heteroatoms. The summed E-state index contributed by atoms with van der Waals surface area (Å²) in [6.07, 6.45) is 1.17. The number of aromatic nitrogens is 1. The van der Waals surface area contributed by atoms with Crippen molar-refractivity contribution in [3.8, 4) is 0 Å². The molecule has 0 saturated heterocycles. The molecule has 1 N–H and O–H groups in total. The maximum Gasteiger partial charge on any atom is 0.312 e.